The van der Waals surface area contributed by atoms with Gasteiger partial charge in [-0.2, -0.15) is 0 Å². The van der Waals surface area contributed by atoms with Gasteiger partial charge < -0.3 is 14.6 Å². The van der Waals surface area contributed by atoms with Crippen molar-refractivity contribution in [3.8, 4) is 0 Å². The minimum absolute atomic E-state index is 0.0227. The van der Waals surface area contributed by atoms with Crippen molar-refractivity contribution in [2.45, 2.75) is 46.4 Å². The highest BCUT2D eigenvalue weighted by atomic mass is 16.6. The topological polar surface area (TPSA) is 47.6 Å². The maximum atomic E-state index is 12.3. The van der Waals surface area contributed by atoms with Gasteiger partial charge in [-0.25, -0.2) is 0 Å². The second kappa shape index (κ2) is 7.12. The average molecular weight is 329 g/mol. The molecule has 1 aliphatic heterocycles. The van der Waals surface area contributed by atoms with Gasteiger partial charge in [-0.15, -0.1) is 0 Å². The molecule has 2 rings (SSSR count). The maximum Gasteiger partial charge on any atom is 0.461 e. The van der Waals surface area contributed by atoms with Crippen molar-refractivity contribution in [2.24, 2.45) is 5.41 Å². The molecular formula is C19H28BNO3. The van der Waals surface area contributed by atoms with Crippen LogP contribution in [0.4, 0.5) is 5.69 Å². The first-order valence-electron chi connectivity index (χ1n) is 8.40. The number of hydrogen-bond donors (Lipinski definition) is 1. The fourth-order valence-corrected chi connectivity index (χ4v) is 2.41. The summed E-state index contributed by atoms with van der Waals surface area (Å²) in [4.78, 5) is 12.3. The minimum Gasteiger partial charge on any atom is -0.410 e. The molecule has 5 heteroatoms. The first-order valence-corrected chi connectivity index (χ1v) is 8.40. The van der Waals surface area contributed by atoms with Gasteiger partial charge in [-0.1, -0.05) is 53.3 Å². The number of nitrogens with one attached hydrogen (secondary N) is 1. The summed E-state index contributed by atoms with van der Waals surface area (Å²) in [6, 6.07) is 7.91. The van der Waals surface area contributed by atoms with Crippen molar-refractivity contribution in [2.75, 3.05) is 18.5 Å². The molecule has 0 bridgehead atoms. The molecule has 1 aromatic carbocycles. The highest BCUT2D eigenvalue weighted by Crippen LogP contribution is 2.25. The van der Waals surface area contributed by atoms with Crippen molar-refractivity contribution in [3.05, 3.63) is 42.0 Å². The molecule has 0 saturated carbocycles. The summed E-state index contributed by atoms with van der Waals surface area (Å²) in [5.74, 6) is -0.199. The zero-order valence-electron chi connectivity index (χ0n) is 15.4. The van der Waals surface area contributed by atoms with Gasteiger partial charge in [0.1, 0.15) is 0 Å². The lowest BCUT2D eigenvalue weighted by Crippen LogP contribution is -2.41. The van der Waals surface area contributed by atoms with Crippen LogP contribution in [-0.4, -0.2) is 26.2 Å². The van der Waals surface area contributed by atoms with E-state index in [0.29, 0.717) is 25.1 Å². The molecule has 1 heterocycles. The van der Waals surface area contributed by atoms with E-state index in [2.05, 4.69) is 46.5 Å². The normalized spacial score (nSPS) is 17.5. The Morgan fingerprint density at radius 3 is 2.25 bits per heavy atom. The lowest BCUT2D eigenvalue weighted by Gasteiger charge is -2.33. The number of rotatable bonds is 4. The van der Waals surface area contributed by atoms with E-state index in [-0.39, 0.29) is 23.9 Å². The molecule has 0 radical (unpaired) electrons. The molecule has 0 atom stereocenters. The van der Waals surface area contributed by atoms with E-state index < -0.39 is 0 Å². The lowest BCUT2D eigenvalue weighted by atomic mass is 9.77. The predicted octanol–water partition coefficient (Wildman–Crippen LogP) is 4.04. The second-order valence-electron chi connectivity index (χ2n) is 8.30. The van der Waals surface area contributed by atoms with Crippen LogP contribution in [0.1, 0.15) is 40.2 Å². The van der Waals surface area contributed by atoms with Crippen LogP contribution >= 0.6 is 0 Å². The quantitative estimate of drug-likeness (QED) is 0.670. The van der Waals surface area contributed by atoms with Crippen molar-refractivity contribution in [1.82, 2.24) is 0 Å². The van der Waals surface area contributed by atoms with Crippen molar-refractivity contribution >= 4 is 18.7 Å². The van der Waals surface area contributed by atoms with E-state index in [0.717, 1.165) is 5.69 Å². The van der Waals surface area contributed by atoms with Crippen molar-refractivity contribution < 1.29 is 14.1 Å². The van der Waals surface area contributed by atoms with Crippen molar-refractivity contribution in [1.29, 1.82) is 0 Å². The molecule has 1 amide bonds. The van der Waals surface area contributed by atoms with Gasteiger partial charge in [0.2, 0.25) is 5.91 Å². The molecule has 0 unspecified atom stereocenters. The average Bonchev–Trinajstić information content (AvgIpc) is 2.49. The number of hydrogen-bond acceptors (Lipinski definition) is 3. The zero-order valence-corrected chi connectivity index (χ0v) is 15.4. The van der Waals surface area contributed by atoms with Gasteiger partial charge in [0.05, 0.1) is 0 Å². The molecule has 0 aliphatic carbocycles. The largest absolute Gasteiger partial charge is 0.461 e. The van der Waals surface area contributed by atoms with E-state index in [4.69, 9.17) is 9.31 Å². The molecule has 130 valence electrons. The number of carbonyl (C=O) groups excluding carboxylic acids is 1. The zero-order chi connectivity index (χ0) is 18.0. The van der Waals surface area contributed by atoms with Gasteiger partial charge in [0, 0.05) is 36.2 Å². The van der Waals surface area contributed by atoms with Crippen LogP contribution in [0.2, 0.25) is 6.32 Å². The molecular weight excluding hydrogens is 301 g/mol. The molecule has 4 nitrogen and oxygen atoms in total. The number of amides is 1. The molecule has 1 N–H and O–H groups in total. The Hall–Kier alpha value is -1.59. The Balaban J connectivity index is 1.87. The first-order chi connectivity index (χ1) is 11.1. The number of carbonyl (C=O) groups is 1. The number of anilines is 1. The standard InChI is InChI=1S/C19H28BNO3/c1-14(11-20-23-12-19(5,6)13-24-20)17(22)21-16-9-7-15(8-10-16)18(2,3)4/h7-10H,1,11-13H2,2-6H3,(H,21,22). The SMILES string of the molecule is C=C(CB1OCC(C)(C)CO1)C(=O)Nc1ccc(C(C)(C)C)cc1. The Bertz CT molecular complexity index is 592. The first kappa shape index (κ1) is 18.7. The molecule has 1 saturated heterocycles. The fourth-order valence-electron chi connectivity index (χ4n) is 2.41. The third kappa shape index (κ3) is 5.21. The fraction of sp³-hybridized carbons (Fsp3) is 0.526. The molecule has 0 aromatic heterocycles. The third-order valence-corrected chi connectivity index (χ3v) is 4.06. The van der Waals surface area contributed by atoms with Crippen LogP contribution in [0.25, 0.3) is 0 Å². The van der Waals surface area contributed by atoms with E-state index >= 15 is 0 Å². The van der Waals surface area contributed by atoms with E-state index in [1.165, 1.54) is 5.56 Å². The highest BCUT2D eigenvalue weighted by molar-refractivity contribution is 6.46. The summed E-state index contributed by atoms with van der Waals surface area (Å²) in [7, 11) is -0.389. The van der Waals surface area contributed by atoms with Gasteiger partial charge in [-0.05, 0) is 23.1 Å². The van der Waals surface area contributed by atoms with Crippen LogP contribution in [0.3, 0.4) is 0 Å². The van der Waals surface area contributed by atoms with E-state index in [1.807, 2.05) is 24.3 Å². The van der Waals surface area contributed by atoms with Crippen LogP contribution in [0.5, 0.6) is 0 Å². The summed E-state index contributed by atoms with van der Waals surface area (Å²) in [5.41, 5.74) is 2.57. The Labute approximate surface area is 145 Å². The van der Waals surface area contributed by atoms with Gasteiger partial charge in [0.15, 0.2) is 0 Å². The van der Waals surface area contributed by atoms with Crippen LogP contribution < -0.4 is 5.32 Å². The second-order valence-corrected chi connectivity index (χ2v) is 8.30. The van der Waals surface area contributed by atoms with Crippen LogP contribution in [0, 0.1) is 5.41 Å². The summed E-state index contributed by atoms with van der Waals surface area (Å²) in [5, 5.41) is 2.88. The minimum atomic E-state index is -0.389. The van der Waals surface area contributed by atoms with E-state index in [1.54, 1.807) is 0 Å². The predicted molar refractivity (Wildman–Crippen MR) is 99.2 cm³/mol. The molecule has 24 heavy (non-hydrogen) atoms. The summed E-state index contributed by atoms with van der Waals surface area (Å²) < 4.78 is 11.3. The summed E-state index contributed by atoms with van der Waals surface area (Å²) in [6.45, 7) is 15.8. The van der Waals surface area contributed by atoms with Gasteiger partial charge in [0.25, 0.3) is 0 Å². The van der Waals surface area contributed by atoms with Gasteiger partial charge in [-0.3, -0.25) is 4.79 Å². The third-order valence-electron chi connectivity index (χ3n) is 4.06. The van der Waals surface area contributed by atoms with Crippen LogP contribution in [0.15, 0.2) is 36.4 Å². The smallest absolute Gasteiger partial charge is 0.410 e. The van der Waals surface area contributed by atoms with Gasteiger partial charge >= 0.3 is 7.12 Å². The summed E-state index contributed by atoms with van der Waals surface area (Å²) >= 11 is 0. The maximum absolute atomic E-state index is 12.3. The van der Waals surface area contributed by atoms with Crippen molar-refractivity contribution in [3.63, 3.8) is 0 Å². The lowest BCUT2D eigenvalue weighted by molar-refractivity contribution is -0.112. The highest BCUT2D eigenvalue weighted by Gasteiger charge is 2.33. The Morgan fingerprint density at radius 1 is 1.21 bits per heavy atom. The van der Waals surface area contributed by atoms with E-state index in [9.17, 15) is 4.79 Å². The molecule has 1 fully saturated rings. The Morgan fingerprint density at radius 2 is 1.75 bits per heavy atom. The number of benzene rings is 1. The monoisotopic (exact) mass is 329 g/mol. The molecule has 1 aromatic rings. The Kier molecular flexibility index (Phi) is 5.56. The molecule has 0 spiro atoms. The summed E-state index contributed by atoms with van der Waals surface area (Å²) in [6.07, 6.45) is 0.377. The molecule has 1 aliphatic rings. The van der Waals surface area contributed by atoms with Crippen LogP contribution in [-0.2, 0) is 19.5 Å².